The second-order valence-electron chi connectivity index (χ2n) is 9.36. The quantitative estimate of drug-likeness (QED) is 0.537. The van der Waals surface area contributed by atoms with E-state index in [1.807, 2.05) is 37.3 Å². The molecule has 0 saturated carbocycles. The number of hydrogen-bond acceptors (Lipinski definition) is 6. The van der Waals surface area contributed by atoms with E-state index in [-0.39, 0.29) is 18.7 Å². The number of aryl methyl sites for hydroxylation is 1. The molecule has 4 aliphatic heterocycles. The predicted octanol–water partition coefficient (Wildman–Crippen LogP) is 3.97. The fourth-order valence-corrected chi connectivity index (χ4v) is 5.47. The van der Waals surface area contributed by atoms with Gasteiger partial charge in [-0.15, -0.1) is 0 Å². The molecule has 3 unspecified atom stereocenters. The van der Waals surface area contributed by atoms with Gasteiger partial charge in [-0.05, 0) is 49.1 Å². The lowest BCUT2D eigenvalue weighted by Crippen LogP contribution is -2.77. The molecule has 2 aromatic carbocycles. The molecular weight excluding hydrogens is 512 g/mol. The Morgan fingerprint density at radius 3 is 2.89 bits per heavy atom. The molecule has 0 spiro atoms. The molecule has 2 bridgehead atoms. The fourth-order valence-electron chi connectivity index (χ4n) is 5.22. The molecule has 8 nitrogen and oxygen atoms in total. The first-order valence-electron chi connectivity index (χ1n) is 12.1. The molecule has 9 heteroatoms. The topological polar surface area (TPSA) is 83.1 Å². The molecule has 2 aromatic rings. The normalized spacial score (nSPS) is 24.0. The summed E-state index contributed by atoms with van der Waals surface area (Å²) < 4.78 is 12.6. The number of benzene rings is 2. The van der Waals surface area contributed by atoms with Crippen molar-refractivity contribution in [2.45, 2.75) is 57.6 Å². The van der Waals surface area contributed by atoms with E-state index in [0.717, 1.165) is 34.1 Å². The Hall–Kier alpha value is -2.62. The minimum Gasteiger partial charge on any atom is -0.464 e. The molecule has 186 valence electrons. The minimum atomic E-state index is -0.819. The summed E-state index contributed by atoms with van der Waals surface area (Å²) in [6, 6.07) is 13.0. The van der Waals surface area contributed by atoms with Crippen LogP contribution in [-0.4, -0.2) is 59.6 Å². The van der Waals surface area contributed by atoms with Crippen LogP contribution in [-0.2, 0) is 27.2 Å². The largest absolute Gasteiger partial charge is 0.464 e. The maximum absolute atomic E-state index is 13.6. The van der Waals surface area contributed by atoms with Gasteiger partial charge in [-0.2, -0.15) is 0 Å². The van der Waals surface area contributed by atoms with Gasteiger partial charge in [-0.25, -0.2) is 14.5 Å². The van der Waals surface area contributed by atoms with Gasteiger partial charge < -0.3 is 20.1 Å². The smallest absolute Gasteiger partial charge is 0.329 e. The van der Waals surface area contributed by atoms with Crippen LogP contribution >= 0.6 is 15.9 Å². The van der Waals surface area contributed by atoms with Gasteiger partial charge in [-0.1, -0.05) is 46.3 Å². The van der Waals surface area contributed by atoms with Crippen molar-refractivity contribution in [3.05, 3.63) is 63.6 Å². The highest BCUT2D eigenvalue weighted by atomic mass is 79.9. The molecule has 0 aromatic heterocycles. The average molecular weight is 543 g/mol. The van der Waals surface area contributed by atoms with E-state index in [2.05, 4.69) is 43.6 Å². The van der Waals surface area contributed by atoms with E-state index >= 15 is 0 Å². The Labute approximate surface area is 214 Å². The summed E-state index contributed by atoms with van der Waals surface area (Å²) in [5.41, 5.74) is 4.29. The Morgan fingerprint density at radius 1 is 1.31 bits per heavy atom. The lowest BCUT2D eigenvalue weighted by atomic mass is 9.93. The standard InChI is InChI=1S/C26H31BrN4O4/c1-3-34-24(32)23(13-18-8-9-21(27)17(2)12-18)29-25(33)31-11-10-20-14-26(31,35-20)30-15-19-6-4-5-7-22(19)28-16-30/h4-9,12,20,23,28H,3,10-11,13-16H2,1-2H3,(H,29,33). The van der Waals surface area contributed by atoms with Crippen molar-refractivity contribution in [1.82, 2.24) is 15.1 Å². The number of para-hydroxylation sites is 1. The van der Waals surface area contributed by atoms with Crippen LogP contribution in [0.3, 0.4) is 0 Å². The Bertz CT molecular complexity index is 1120. The molecular formula is C26H31BrN4O4. The zero-order chi connectivity index (χ0) is 24.6. The number of ether oxygens (including phenoxy) is 2. The highest BCUT2D eigenvalue weighted by Crippen LogP contribution is 2.46. The first-order chi connectivity index (χ1) is 16.9. The van der Waals surface area contributed by atoms with Gasteiger partial charge in [0.15, 0.2) is 0 Å². The number of amides is 2. The Morgan fingerprint density at radius 2 is 2.11 bits per heavy atom. The summed E-state index contributed by atoms with van der Waals surface area (Å²) in [6.07, 6.45) is 2.04. The maximum Gasteiger partial charge on any atom is 0.329 e. The second kappa shape index (κ2) is 9.79. The molecule has 2 amide bonds. The number of piperidine rings is 1. The van der Waals surface area contributed by atoms with Gasteiger partial charge in [0.05, 0.1) is 19.4 Å². The predicted molar refractivity (Wildman–Crippen MR) is 136 cm³/mol. The van der Waals surface area contributed by atoms with E-state index in [9.17, 15) is 9.59 Å². The third-order valence-corrected chi connectivity index (χ3v) is 7.94. The average Bonchev–Trinajstić information content (AvgIpc) is 2.85. The van der Waals surface area contributed by atoms with Crippen LogP contribution in [0.1, 0.15) is 36.5 Å². The van der Waals surface area contributed by atoms with E-state index in [4.69, 9.17) is 9.47 Å². The van der Waals surface area contributed by atoms with Crippen LogP contribution in [0.5, 0.6) is 0 Å². The summed E-state index contributed by atoms with van der Waals surface area (Å²) in [6.45, 7) is 5.84. The van der Waals surface area contributed by atoms with Crippen molar-refractivity contribution >= 4 is 33.6 Å². The van der Waals surface area contributed by atoms with Crippen molar-refractivity contribution < 1.29 is 19.1 Å². The summed E-state index contributed by atoms with van der Waals surface area (Å²) in [7, 11) is 0. The lowest BCUT2D eigenvalue weighted by molar-refractivity contribution is -0.365. The van der Waals surface area contributed by atoms with E-state index in [1.54, 1.807) is 11.8 Å². The van der Waals surface area contributed by atoms with Gasteiger partial charge in [0, 0.05) is 36.1 Å². The number of carbonyl (C=O) groups is 2. The molecule has 3 saturated heterocycles. The zero-order valence-corrected chi connectivity index (χ0v) is 21.6. The number of urea groups is 1. The highest BCUT2D eigenvalue weighted by Gasteiger charge is 2.59. The summed E-state index contributed by atoms with van der Waals surface area (Å²) >= 11 is 3.51. The number of fused-ring (bicyclic) bond motifs is 3. The van der Waals surface area contributed by atoms with E-state index in [0.29, 0.717) is 26.2 Å². The first kappa shape index (κ1) is 24.1. The first-order valence-corrected chi connectivity index (χ1v) is 12.9. The van der Waals surface area contributed by atoms with Gasteiger partial charge in [0.25, 0.3) is 0 Å². The fraction of sp³-hybridized carbons (Fsp3) is 0.462. The summed E-state index contributed by atoms with van der Waals surface area (Å²) in [5, 5.41) is 6.41. The Kier molecular flexibility index (Phi) is 6.74. The van der Waals surface area contributed by atoms with E-state index < -0.39 is 17.9 Å². The van der Waals surface area contributed by atoms with Crippen LogP contribution in [0.25, 0.3) is 0 Å². The number of rotatable bonds is 6. The SMILES string of the molecule is CCOC(=O)C(Cc1ccc(Br)c(C)c1)NC(=O)N1CCC2CC1(N1CNc3ccccc3C1)O2. The lowest BCUT2D eigenvalue weighted by Gasteiger charge is -2.62. The van der Waals surface area contributed by atoms with Crippen LogP contribution in [0.15, 0.2) is 46.9 Å². The molecule has 4 aliphatic rings. The second-order valence-corrected chi connectivity index (χ2v) is 10.2. The number of halogens is 1. The molecule has 0 aliphatic carbocycles. The number of carbonyl (C=O) groups excluding carboxylic acids is 2. The van der Waals surface area contributed by atoms with Crippen molar-refractivity contribution in [1.29, 1.82) is 0 Å². The van der Waals surface area contributed by atoms with Crippen molar-refractivity contribution in [2.24, 2.45) is 0 Å². The third kappa shape index (κ3) is 4.64. The van der Waals surface area contributed by atoms with E-state index in [1.165, 1.54) is 5.56 Å². The van der Waals surface area contributed by atoms with Crippen LogP contribution in [0.2, 0.25) is 0 Å². The molecule has 0 radical (unpaired) electrons. The molecule has 2 N–H and O–H groups in total. The highest BCUT2D eigenvalue weighted by molar-refractivity contribution is 9.10. The molecule has 3 atom stereocenters. The minimum absolute atomic E-state index is 0.155. The van der Waals surface area contributed by atoms with Crippen LogP contribution in [0.4, 0.5) is 10.5 Å². The summed E-state index contributed by atoms with van der Waals surface area (Å²) in [4.78, 5) is 30.4. The number of nitrogens with one attached hydrogen (secondary N) is 2. The number of nitrogens with zero attached hydrogens (tertiary/aromatic N) is 2. The Balaban J connectivity index is 1.34. The number of esters is 1. The van der Waals surface area contributed by atoms with Crippen molar-refractivity contribution in [3.63, 3.8) is 0 Å². The molecule has 3 fully saturated rings. The van der Waals surface area contributed by atoms with Gasteiger partial charge in [0.1, 0.15) is 6.04 Å². The van der Waals surface area contributed by atoms with Crippen molar-refractivity contribution in [2.75, 3.05) is 25.1 Å². The number of anilines is 1. The summed E-state index contributed by atoms with van der Waals surface area (Å²) in [5.74, 6) is -1.26. The van der Waals surface area contributed by atoms with Gasteiger partial charge in [0.2, 0.25) is 5.85 Å². The third-order valence-electron chi connectivity index (χ3n) is 7.05. The van der Waals surface area contributed by atoms with Crippen molar-refractivity contribution in [3.8, 4) is 0 Å². The number of hydrogen-bond donors (Lipinski definition) is 2. The molecule has 4 heterocycles. The molecule has 35 heavy (non-hydrogen) atoms. The van der Waals surface area contributed by atoms with Gasteiger partial charge in [-0.3, -0.25) is 4.90 Å². The zero-order valence-electron chi connectivity index (χ0n) is 20.1. The molecule has 6 rings (SSSR count). The van der Waals surface area contributed by atoms with Crippen LogP contribution in [0, 0.1) is 6.92 Å². The van der Waals surface area contributed by atoms with Gasteiger partial charge >= 0.3 is 12.0 Å². The van der Waals surface area contributed by atoms with Crippen LogP contribution < -0.4 is 10.6 Å². The monoisotopic (exact) mass is 542 g/mol. The maximum atomic E-state index is 13.6.